The minimum absolute atomic E-state index is 0.233. The first-order valence-corrected chi connectivity index (χ1v) is 9.64. The zero-order valence-electron chi connectivity index (χ0n) is 14.8. The summed E-state index contributed by atoms with van der Waals surface area (Å²) in [7, 11) is 0. The van der Waals surface area contributed by atoms with E-state index in [-0.39, 0.29) is 5.41 Å². The van der Waals surface area contributed by atoms with E-state index in [0.717, 1.165) is 6.42 Å². The number of benzene rings is 1. The van der Waals surface area contributed by atoms with E-state index in [2.05, 4.69) is 19.9 Å². The first-order chi connectivity index (χ1) is 11.1. The van der Waals surface area contributed by atoms with Gasteiger partial charge in [-0.15, -0.1) is 0 Å². The van der Waals surface area contributed by atoms with Crippen LogP contribution in [0.1, 0.15) is 82.8 Å². The number of fused-ring (bicyclic) bond motifs is 4. The van der Waals surface area contributed by atoms with E-state index in [1.807, 2.05) is 17.7 Å². The fraction of sp³-hybridized carbons (Fsp3) is 0.636. The number of hydrogen-bond donors (Lipinski definition) is 1. The predicted molar refractivity (Wildman–Crippen MR) is 95.8 cm³/mol. The zero-order valence-corrected chi connectivity index (χ0v) is 14.8. The highest BCUT2D eigenvalue weighted by Gasteiger charge is 2.49. The largest absolute Gasteiger partial charge is 0.508 e. The fourth-order valence-corrected chi connectivity index (χ4v) is 5.96. The van der Waals surface area contributed by atoms with Crippen LogP contribution in [0.25, 0.3) is 0 Å². The van der Waals surface area contributed by atoms with Crippen molar-refractivity contribution in [2.24, 2.45) is 5.41 Å². The van der Waals surface area contributed by atoms with E-state index in [1.54, 1.807) is 5.57 Å². The van der Waals surface area contributed by atoms with Crippen LogP contribution in [0.4, 0.5) is 0 Å². The summed E-state index contributed by atoms with van der Waals surface area (Å²) in [6.45, 7) is 4.81. The molecule has 0 bridgehead atoms. The van der Waals surface area contributed by atoms with Gasteiger partial charge in [0.05, 0.1) is 0 Å². The van der Waals surface area contributed by atoms with Crippen molar-refractivity contribution in [3.63, 3.8) is 0 Å². The van der Waals surface area contributed by atoms with Gasteiger partial charge in [-0.2, -0.15) is 0 Å². The molecule has 0 aromatic heterocycles. The highest BCUT2D eigenvalue weighted by atomic mass is 16.3. The Morgan fingerprint density at radius 2 is 1.91 bits per heavy atom. The lowest BCUT2D eigenvalue weighted by Crippen LogP contribution is -2.39. The SMILES string of the molecule is CCCCC12CCCC1=C1CCc3cc(O)ccc3C1(C)CC2. The van der Waals surface area contributed by atoms with Gasteiger partial charge >= 0.3 is 0 Å². The topological polar surface area (TPSA) is 20.2 Å². The van der Waals surface area contributed by atoms with Gasteiger partial charge in [0.25, 0.3) is 0 Å². The first kappa shape index (κ1) is 15.3. The van der Waals surface area contributed by atoms with Gasteiger partial charge in [0, 0.05) is 5.41 Å². The Hall–Kier alpha value is -1.24. The van der Waals surface area contributed by atoms with Crippen molar-refractivity contribution in [3.8, 4) is 5.75 Å². The number of aromatic hydroxyl groups is 1. The molecule has 0 amide bonds. The smallest absolute Gasteiger partial charge is 0.115 e. The molecule has 3 aliphatic carbocycles. The number of phenolic OH excluding ortho intramolecular Hbond substituents is 1. The molecular formula is C22H30O. The van der Waals surface area contributed by atoms with Crippen LogP contribution in [0.15, 0.2) is 29.3 Å². The van der Waals surface area contributed by atoms with Crippen molar-refractivity contribution in [1.82, 2.24) is 0 Å². The Kier molecular flexibility index (Phi) is 3.59. The van der Waals surface area contributed by atoms with Gasteiger partial charge in [0.15, 0.2) is 0 Å². The molecule has 4 rings (SSSR count). The molecule has 0 spiro atoms. The van der Waals surface area contributed by atoms with Gasteiger partial charge in [-0.25, -0.2) is 0 Å². The molecule has 2 unspecified atom stereocenters. The van der Waals surface area contributed by atoms with Crippen molar-refractivity contribution in [2.75, 3.05) is 0 Å². The Balaban J connectivity index is 1.81. The molecule has 1 aromatic rings. The maximum atomic E-state index is 9.84. The van der Waals surface area contributed by atoms with E-state index < -0.39 is 0 Å². The number of allylic oxidation sites excluding steroid dienone is 2. The summed E-state index contributed by atoms with van der Waals surface area (Å²) in [5.41, 5.74) is 7.32. The Labute approximate surface area is 140 Å². The number of aryl methyl sites for hydroxylation is 1. The fourth-order valence-electron chi connectivity index (χ4n) is 5.96. The third-order valence-corrected chi connectivity index (χ3v) is 7.19. The molecule has 0 radical (unpaired) electrons. The third-order valence-electron chi connectivity index (χ3n) is 7.19. The summed E-state index contributed by atoms with van der Waals surface area (Å²) in [4.78, 5) is 0. The third kappa shape index (κ3) is 2.19. The lowest BCUT2D eigenvalue weighted by molar-refractivity contribution is 0.233. The van der Waals surface area contributed by atoms with Crippen LogP contribution in [0, 0.1) is 5.41 Å². The monoisotopic (exact) mass is 310 g/mol. The van der Waals surface area contributed by atoms with Gasteiger partial charge in [-0.3, -0.25) is 0 Å². The maximum Gasteiger partial charge on any atom is 0.115 e. The molecule has 1 N–H and O–H groups in total. The van der Waals surface area contributed by atoms with Crippen molar-refractivity contribution in [2.45, 2.75) is 83.5 Å². The van der Waals surface area contributed by atoms with Crippen LogP contribution in [0.2, 0.25) is 0 Å². The van der Waals surface area contributed by atoms with Gasteiger partial charge in [-0.1, -0.05) is 43.9 Å². The molecule has 0 aliphatic heterocycles. The van der Waals surface area contributed by atoms with Crippen LogP contribution in [-0.2, 0) is 11.8 Å². The molecule has 0 heterocycles. The standard InChI is InChI=1S/C22H30O/c1-3-4-11-22-12-5-6-20(22)19-9-7-16-15-17(23)8-10-18(16)21(19,2)13-14-22/h8,10,15,23H,3-7,9,11-14H2,1-2H3. The molecular weight excluding hydrogens is 280 g/mol. The highest BCUT2D eigenvalue weighted by molar-refractivity contribution is 5.51. The van der Waals surface area contributed by atoms with Crippen molar-refractivity contribution < 1.29 is 5.11 Å². The summed E-state index contributed by atoms with van der Waals surface area (Å²) < 4.78 is 0. The molecule has 2 atom stereocenters. The summed E-state index contributed by atoms with van der Waals surface area (Å²) in [6.07, 6.45) is 13.3. The average molecular weight is 310 g/mol. The minimum Gasteiger partial charge on any atom is -0.508 e. The van der Waals surface area contributed by atoms with Gasteiger partial charge in [0.2, 0.25) is 0 Å². The second-order valence-corrected chi connectivity index (χ2v) is 8.37. The van der Waals surface area contributed by atoms with E-state index in [4.69, 9.17) is 0 Å². The van der Waals surface area contributed by atoms with Crippen molar-refractivity contribution in [1.29, 1.82) is 0 Å². The number of rotatable bonds is 3. The van der Waals surface area contributed by atoms with Crippen LogP contribution in [-0.4, -0.2) is 5.11 Å². The molecule has 1 saturated carbocycles. The Bertz CT molecular complexity index is 656. The summed E-state index contributed by atoms with van der Waals surface area (Å²) in [5, 5.41) is 9.84. The Morgan fingerprint density at radius 3 is 2.74 bits per heavy atom. The van der Waals surface area contributed by atoms with Crippen LogP contribution >= 0.6 is 0 Å². The molecule has 1 fully saturated rings. The van der Waals surface area contributed by atoms with Crippen LogP contribution < -0.4 is 0 Å². The van der Waals surface area contributed by atoms with Gasteiger partial charge < -0.3 is 5.11 Å². The maximum absolute atomic E-state index is 9.84. The number of unbranched alkanes of at least 4 members (excludes halogenated alkanes) is 1. The molecule has 1 heteroatoms. The minimum atomic E-state index is 0.233. The summed E-state index contributed by atoms with van der Waals surface area (Å²) in [6, 6.07) is 6.11. The average Bonchev–Trinajstić information content (AvgIpc) is 2.96. The van der Waals surface area contributed by atoms with Crippen molar-refractivity contribution in [3.05, 3.63) is 40.5 Å². The quantitative estimate of drug-likeness (QED) is 0.674. The second-order valence-electron chi connectivity index (χ2n) is 8.37. The van der Waals surface area contributed by atoms with Gasteiger partial charge in [0.1, 0.15) is 5.75 Å². The molecule has 3 aliphatic rings. The molecule has 124 valence electrons. The first-order valence-electron chi connectivity index (χ1n) is 9.64. The summed E-state index contributed by atoms with van der Waals surface area (Å²) >= 11 is 0. The highest BCUT2D eigenvalue weighted by Crippen LogP contribution is 2.61. The van der Waals surface area contributed by atoms with Crippen LogP contribution in [0.3, 0.4) is 0 Å². The predicted octanol–water partition coefficient (Wildman–Crippen LogP) is 6.05. The molecule has 1 aromatic carbocycles. The van der Waals surface area contributed by atoms with Crippen LogP contribution in [0.5, 0.6) is 5.75 Å². The zero-order chi connectivity index (χ0) is 16.1. The van der Waals surface area contributed by atoms with Crippen molar-refractivity contribution >= 4 is 0 Å². The van der Waals surface area contributed by atoms with E-state index >= 15 is 0 Å². The lowest BCUT2D eigenvalue weighted by atomic mass is 9.55. The summed E-state index contributed by atoms with van der Waals surface area (Å²) in [5.74, 6) is 0.428. The molecule has 1 nitrogen and oxygen atoms in total. The van der Waals surface area contributed by atoms with Gasteiger partial charge in [-0.05, 0) is 80.0 Å². The van der Waals surface area contributed by atoms with E-state index in [1.165, 1.54) is 68.9 Å². The molecule has 23 heavy (non-hydrogen) atoms. The molecule has 0 saturated heterocycles. The normalized spacial score (nSPS) is 32.4. The number of hydrogen-bond acceptors (Lipinski definition) is 1. The Morgan fingerprint density at radius 1 is 1.04 bits per heavy atom. The van der Waals surface area contributed by atoms with E-state index in [0.29, 0.717) is 11.2 Å². The second kappa shape index (κ2) is 5.40. The number of phenols is 1. The van der Waals surface area contributed by atoms with E-state index in [9.17, 15) is 5.11 Å². The lowest BCUT2D eigenvalue weighted by Gasteiger charge is -2.49.